The third-order valence-electron chi connectivity index (χ3n) is 8.81. The minimum Gasteiger partial charge on any atom is -0.505 e. The molecular formula is C30H16Cl2F6N4O5. The van der Waals surface area contributed by atoms with Gasteiger partial charge in [-0.25, -0.2) is 54.8 Å². The van der Waals surface area contributed by atoms with Crippen LogP contribution in [0.5, 0.6) is 5.75 Å². The van der Waals surface area contributed by atoms with Gasteiger partial charge in [-0.2, -0.15) is 0 Å². The summed E-state index contributed by atoms with van der Waals surface area (Å²) in [6.45, 7) is -0.317. The van der Waals surface area contributed by atoms with E-state index in [1.54, 1.807) is 18.2 Å². The number of aromatic hydroxyl groups is 1. The Morgan fingerprint density at radius 2 is 1.40 bits per heavy atom. The quantitative estimate of drug-likeness (QED) is 0.0846. The molecule has 2 aliphatic heterocycles. The van der Waals surface area contributed by atoms with Crippen LogP contribution in [0.15, 0.2) is 69.8 Å². The van der Waals surface area contributed by atoms with Gasteiger partial charge in [0, 0.05) is 12.3 Å². The summed E-state index contributed by atoms with van der Waals surface area (Å²) in [5.74, 6) is -19.8. The number of carbonyl (C=O) groups excluding carboxylic acids is 2. The van der Waals surface area contributed by atoms with Gasteiger partial charge in [-0.1, -0.05) is 30.3 Å². The number of hydrogen-bond donors (Lipinski definition) is 1. The smallest absolute Gasteiger partial charge is 0.352 e. The first-order chi connectivity index (χ1) is 22.2. The number of allylic oxidation sites excluding steroid dienone is 2. The van der Waals surface area contributed by atoms with Crippen LogP contribution in [0.4, 0.5) is 32.0 Å². The largest absolute Gasteiger partial charge is 0.505 e. The van der Waals surface area contributed by atoms with Crippen LogP contribution in [0.2, 0.25) is 0 Å². The lowest BCUT2D eigenvalue weighted by atomic mass is 9.64. The molecule has 7 rings (SSSR count). The summed E-state index contributed by atoms with van der Waals surface area (Å²) >= 11 is 13.9. The Balaban J connectivity index is 1.50. The van der Waals surface area contributed by atoms with Gasteiger partial charge in [0.2, 0.25) is 5.82 Å². The van der Waals surface area contributed by atoms with Crippen LogP contribution in [0.3, 0.4) is 0 Å². The van der Waals surface area contributed by atoms with Crippen molar-refractivity contribution in [2.45, 2.75) is 34.7 Å². The second kappa shape index (κ2) is 10.1. The second-order valence-corrected chi connectivity index (χ2v) is 12.3. The Hall–Kier alpha value is -4.76. The maximum absolute atomic E-state index is 15.1. The summed E-state index contributed by atoms with van der Waals surface area (Å²) in [4.78, 5) is 49.6. The van der Waals surface area contributed by atoms with Crippen molar-refractivity contribution >= 4 is 40.7 Å². The number of para-hydroxylation sites is 1. The number of phenols is 1. The maximum Gasteiger partial charge on any atom is 0.352 e. The number of amides is 2. The van der Waals surface area contributed by atoms with E-state index in [1.807, 2.05) is 0 Å². The summed E-state index contributed by atoms with van der Waals surface area (Å²) in [7, 11) is 0. The molecule has 1 aromatic heterocycles. The van der Waals surface area contributed by atoms with Gasteiger partial charge in [-0.3, -0.25) is 9.59 Å². The second-order valence-electron chi connectivity index (χ2n) is 11.1. The topological polar surface area (TPSA) is 107 Å². The third-order valence-corrected chi connectivity index (χ3v) is 10.2. The number of hydrogen-bond acceptors (Lipinski definition) is 5. The first kappa shape index (κ1) is 30.9. The number of anilines is 1. The fourth-order valence-corrected chi connectivity index (χ4v) is 7.62. The Morgan fingerprint density at radius 3 is 2.02 bits per heavy atom. The number of aromatic nitrogens is 3. The van der Waals surface area contributed by atoms with Gasteiger partial charge >= 0.3 is 11.4 Å². The van der Waals surface area contributed by atoms with E-state index in [9.17, 15) is 41.8 Å². The molecule has 0 spiro atoms. The molecule has 242 valence electrons. The maximum atomic E-state index is 15.1. The molecular weight excluding hydrogens is 681 g/mol. The Labute approximate surface area is 268 Å². The number of alkyl halides is 2. The molecule has 2 fully saturated rings. The number of imide groups is 1. The van der Waals surface area contributed by atoms with Crippen LogP contribution >= 0.6 is 23.2 Å². The van der Waals surface area contributed by atoms with Gasteiger partial charge < -0.3 is 5.11 Å². The van der Waals surface area contributed by atoms with E-state index in [0.29, 0.717) is 0 Å². The average Bonchev–Trinajstić information content (AvgIpc) is 3.39. The van der Waals surface area contributed by atoms with Crippen molar-refractivity contribution in [2.75, 3.05) is 4.90 Å². The molecule has 4 unspecified atom stereocenters. The minimum absolute atomic E-state index is 0.0362. The molecule has 1 saturated carbocycles. The molecule has 1 aliphatic carbocycles. The van der Waals surface area contributed by atoms with E-state index in [0.717, 1.165) is 32.1 Å². The highest BCUT2D eigenvalue weighted by atomic mass is 35.5. The van der Waals surface area contributed by atoms with Gasteiger partial charge in [0.05, 0.1) is 18.3 Å². The summed E-state index contributed by atoms with van der Waals surface area (Å²) in [5.41, 5.74) is -3.70. The zero-order valence-corrected chi connectivity index (χ0v) is 24.7. The van der Waals surface area contributed by atoms with E-state index in [2.05, 4.69) is 0 Å². The SMILES string of the molecule is O=C1N(c2c(F)c(F)c(F)c(F)c2F)C(=O)C2(Cl)C(c3ccc(O)c(F)c3)C3=CCn4c(=O)n(-c5ccccc5)c(=O)n4C3CC12Cl. The average molecular weight is 697 g/mol. The first-order valence-electron chi connectivity index (χ1n) is 13.6. The third kappa shape index (κ3) is 3.80. The molecule has 9 nitrogen and oxygen atoms in total. The summed E-state index contributed by atoms with van der Waals surface area (Å²) in [6, 6.07) is 9.04. The van der Waals surface area contributed by atoms with Crippen molar-refractivity contribution in [3.05, 3.63) is 122 Å². The van der Waals surface area contributed by atoms with Crippen molar-refractivity contribution < 1.29 is 41.0 Å². The van der Waals surface area contributed by atoms with E-state index in [-0.39, 0.29) is 28.3 Å². The Morgan fingerprint density at radius 1 is 0.787 bits per heavy atom. The molecule has 0 bridgehead atoms. The minimum atomic E-state index is -2.84. The number of halogens is 8. The van der Waals surface area contributed by atoms with Gasteiger partial charge in [0.15, 0.2) is 44.6 Å². The van der Waals surface area contributed by atoms with Gasteiger partial charge in [-0.05, 0) is 35.4 Å². The molecule has 1 saturated heterocycles. The van der Waals surface area contributed by atoms with Crippen molar-refractivity contribution in [1.82, 2.24) is 13.9 Å². The van der Waals surface area contributed by atoms with Crippen LogP contribution in [0, 0.1) is 34.9 Å². The number of nitrogens with zero attached hydrogens (tertiary/aromatic N) is 4. The zero-order chi connectivity index (χ0) is 33.9. The molecule has 3 aliphatic rings. The van der Waals surface area contributed by atoms with E-state index in [1.165, 1.54) is 18.2 Å². The zero-order valence-electron chi connectivity index (χ0n) is 23.2. The lowest BCUT2D eigenvalue weighted by Gasteiger charge is -2.49. The summed E-state index contributed by atoms with van der Waals surface area (Å²) < 4.78 is 90.2. The molecule has 3 heterocycles. The molecule has 17 heteroatoms. The highest BCUT2D eigenvalue weighted by Gasteiger charge is 2.76. The molecule has 47 heavy (non-hydrogen) atoms. The van der Waals surface area contributed by atoms with Crippen LogP contribution < -0.4 is 16.3 Å². The van der Waals surface area contributed by atoms with E-state index >= 15 is 8.78 Å². The number of benzene rings is 3. The van der Waals surface area contributed by atoms with Crippen molar-refractivity contribution in [1.29, 1.82) is 0 Å². The number of rotatable bonds is 3. The van der Waals surface area contributed by atoms with Crippen LogP contribution in [-0.4, -0.2) is 40.6 Å². The first-order valence-corrected chi connectivity index (χ1v) is 14.4. The fraction of sp³-hybridized carbons (Fsp3) is 0.200. The van der Waals surface area contributed by atoms with Crippen LogP contribution in [0.25, 0.3) is 5.69 Å². The number of fused-ring (bicyclic) bond motifs is 4. The van der Waals surface area contributed by atoms with E-state index < -0.39 is 97.7 Å². The molecule has 0 radical (unpaired) electrons. The summed E-state index contributed by atoms with van der Waals surface area (Å²) in [5, 5.41) is 9.86. The molecule has 2 amide bonds. The van der Waals surface area contributed by atoms with Crippen LogP contribution in [-0.2, 0) is 16.1 Å². The van der Waals surface area contributed by atoms with Crippen molar-refractivity contribution in [3.8, 4) is 11.4 Å². The monoisotopic (exact) mass is 696 g/mol. The molecule has 3 aromatic carbocycles. The highest BCUT2D eigenvalue weighted by Crippen LogP contribution is 2.64. The predicted molar refractivity (Wildman–Crippen MR) is 153 cm³/mol. The Bertz CT molecular complexity index is 2210. The van der Waals surface area contributed by atoms with Crippen molar-refractivity contribution in [2.24, 2.45) is 0 Å². The van der Waals surface area contributed by atoms with Gasteiger partial charge in [0.1, 0.15) is 5.69 Å². The molecule has 4 aromatic rings. The summed E-state index contributed by atoms with van der Waals surface area (Å²) in [6.07, 6.45) is 0.561. The standard InChI is InChI=1S/C30H16Cl2F6N4O5/c31-29-11-16-14(8-9-39-27(46)40(28(47)42(16)39)13-4-2-1-3-5-13)18(12-6-7-17(43)15(33)10-12)30(29,32)26(45)41(25(29)44)24-22(37)20(35)19(34)21(36)23(24)38/h1-8,10,16,18,43H,9,11H2. The van der Waals surface area contributed by atoms with Gasteiger partial charge in [0.25, 0.3) is 11.8 Å². The van der Waals surface area contributed by atoms with Crippen LogP contribution in [0.1, 0.15) is 23.9 Å². The van der Waals surface area contributed by atoms with Crippen molar-refractivity contribution in [3.63, 3.8) is 0 Å². The normalized spacial score (nSPS) is 25.0. The highest BCUT2D eigenvalue weighted by molar-refractivity contribution is 6.58. The van der Waals surface area contributed by atoms with E-state index in [4.69, 9.17) is 23.2 Å². The number of phenolic OH excluding ortho intramolecular Hbond substituents is 1. The molecule has 1 N–H and O–H groups in total. The molecule has 4 atom stereocenters. The lowest BCUT2D eigenvalue weighted by Crippen LogP contribution is -2.59. The lowest BCUT2D eigenvalue weighted by molar-refractivity contribution is -0.122. The Kier molecular flexibility index (Phi) is 6.65. The van der Waals surface area contributed by atoms with Gasteiger partial charge in [-0.15, -0.1) is 23.2 Å². The number of carbonyl (C=O) groups is 2. The predicted octanol–water partition coefficient (Wildman–Crippen LogP) is 4.54. The fourth-order valence-electron chi connectivity index (χ4n) is 6.70.